The summed E-state index contributed by atoms with van der Waals surface area (Å²) in [6.45, 7) is 3.01. The van der Waals surface area contributed by atoms with Crippen molar-refractivity contribution in [2.75, 3.05) is 26.7 Å². The third-order valence-electron chi connectivity index (χ3n) is 7.62. The molecular formula is C28H32ClN7O3S. The van der Waals surface area contributed by atoms with Crippen LogP contribution in [0.2, 0.25) is 5.15 Å². The van der Waals surface area contributed by atoms with Crippen molar-refractivity contribution in [2.45, 2.75) is 36.7 Å². The van der Waals surface area contributed by atoms with Gasteiger partial charge < -0.3 is 19.9 Å². The maximum atomic E-state index is 13.4. The first-order valence-electron chi connectivity index (χ1n) is 13.3. The molecule has 40 heavy (non-hydrogen) atoms. The zero-order valence-corrected chi connectivity index (χ0v) is 23.9. The predicted octanol–water partition coefficient (Wildman–Crippen LogP) is 3.06. The molecule has 6 rings (SSSR count). The first-order chi connectivity index (χ1) is 19.2. The Balaban J connectivity index is 1.44. The SMILES string of the molecule is CCN=C1NC(N)(c2ccc(-n3cnc(Cl)c3)c(OC)c2)NC2=C1CN(S(=O)(=O)C1CC1)CC2c1ccccc1. The number of ether oxygens (including phenoxy) is 1. The maximum absolute atomic E-state index is 13.4. The van der Waals surface area contributed by atoms with Gasteiger partial charge in [-0.1, -0.05) is 48.0 Å². The normalized spacial score (nSPS) is 24.4. The van der Waals surface area contributed by atoms with Crippen LogP contribution >= 0.6 is 11.6 Å². The second kappa shape index (κ2) is 10.2. The Hall–Kier alpha value is -3.38. The molecule has 3 aliphatic rings. The molecule has 210 valence electrons. The molecule has 2 aromatic carbocycles. The lowest BCUT2D eigenvalue weighted by Gasteiger charge is -2.46. The number of nitrogens with two attached hydrogens (primary N) is 1. The molecule has 3 aromatic rings. The van der Waals surface area contributed by atoms with Crippen molar-refractivity contribution in [3.63, 3.8) is 0 Å². The third kappa shape index (κ3) is 4.77. The van der Waals surface area contributed by atoms with E-state index in [9.17, 15) is 8.42 Å². The molecule has 1 saturated carbocycles. The molecule has 0 bridgehead atoms. The number of methoxy groups -OCH3 is 1. The van der Waals surface area contributed by atoms with Crippen molar-refractivity contribution < 1.29 is 13.2 Å². The molecule has 0 spiro atoms. The number of aliphatic imine (C=N–C) groups is 1. The number of rotatable bonds is 7. The summed E-state index contributed by atoms with van der Waals surface area (Å²) < 4.78 is 35.9. The molecule has 10 nitrogen and oxygen atoms in total. The lowest BCUT2D eigenvalue weighted by Crippen LogP contribution is -2.67. The number of amidine groups is 1. The number of imidazole rings is 1. The first kappa shape index (κ1) is 26.8. The predicted molar refractivity (Wildman–Crippen MR) is 155 cm³/mol. The summed E-state index contributed by atoms with van der Waals surface area (Å²) in [4.78, 5) is 8.85. The maximum Gasteiger partial charge on any atom is 0.217 e. The van der Waals surface area contributed by atoms with Crippen LogP contribution in [0.5, 0.6) is 5.75 Å². The van der Waals surface area contributed by atoms with Crippen LogP contribution in [-0.4, -0.2) is 60.1 Å². The number of sulfonamides is 1. The summed E-state index contributed by atoms with van der Waals surface area (Å²) in [6, 6.07) is 15.6. The van der Waals surface area contributed by atoms with Gasteiger partial charge in [-0.25, -0.2) is 13.4 Å². The van der Waals surface area contributed by atoms with Gasteiger partial charge in [-0.05, 0) is 37.5 Å². The second-order valence-corrected chi connectivity index (χ2v) is 12.9. The smallest absolute Gasteiger partial charge is 0.217 e. The minimum absolute atomic E-state index is 0.232. The molecule has 2 atom stereocenters. The summed E-state index contributed by atoms with van der Waals surface area (Å²) in [5.41, 5.74) is 11.2. The van der Waals surface area contributed by atoms with Crippen LogP contribution in [0.15, 0.2) is 77.3 Å². The largest absolute Gasteiger partial charge is 0.495 e. The second-order valence-electron chi connectivity index (χ2n) is 10.3. The minimum atomic E-state index is -3.41. The summed E-state index contributed by atoms with van der Waals surface area (Å²) in [6.07, 6.45) is 4.74. The van der Waals surface area contributed by atoms with Crippen molar-refractivity contribution in [1.82, 2.24) is 24.5 Å². The Morgan fingerprint density at radius 2 is 1.98 bits per heavy atom. The Kier molecular flexibility index (Phi) is 6.86. The van der Waals surface area contributed by atoms with Gasteiger partial charge in [0.2, 0.25) is 10.0 Å². The number of nitrogens with zero attached hydrogens (tertiary/aromatic N) is 4. The molecule has 4 N–H and O–H groups in total. The fraction of sp³-hybridized carbons (Fsp3) is 0.357. The van der Waals surface area contributed by atoms with Crippen molar-refractivity contribution in [2.24, 2.45) is 10.7 Å². The molecule has 2 unspecified atom stereocenters. The van der Waals surface area contributed by atoms with Crippen molar-refractivity contribution in [3.8, 4) is 11.4 Å². The fourth-order valence-corrected chi connectivity index (χ4v) is 7.40. The van der Waals surface area contributed by atoms with E-state index in [1.54, 1.807) is 28.5 Å². The van der Waals surface area contributed by atoms with Gasteiger partial charge in [0.15, 0.2) is 5.79 Å². The molecule has 0 saturated heterocycles. The van der Waals surface area contributed by atoms with Gasteiger partial charge in [0.05, 0.1) is 18.0 Å². The van der Waals surface area contributed by atoms with Crippen molar-refractivity contribution >= 4 is 27.5 Å². The first-order valence-corrected chi connectivity index (χ1v) is 15.2. The van der Waals surface area contributed by atoms with Crippen LogP contribution in [-0.2, 0) is 15.8 Å². The van der Waals surface area contributed by atoms with Gasteiger partial charge in [0.25, 0.3) is 0 Å². The van der Waals surface area contributed by atoms with E-state index in [1.807, 2.05) is 55.5 Å². The molecule has 12 heteroatoms. The zero-order chi connectivity index (χ0) is 28.1. The van der Waals surface area contributed by atoms with Gasteiger partial charge in [-0.3, -0.25) is 10.7 Å². The van der Waals surface area contributed by atoms with Gasteiger partial charge in [0, 0.05) is 48.6 Å². The van der Waals surface area contributed by atoms with E-state index >= 15 is 0 Å². The summed E-state index contributed by atoms with van der Waals surface area (Å²) in [5, 5.41) is 7.03. The number of benzene rings is 2. The minimum Gasteiger partial charge on any atom is -0.495 e. The standard InChI is InChI=1S/C28H32ClN7O3S/c1-3-31-27-22-15-36(40(37,38)20-10-11-20)14-21(18-7-5-4-6-8-18)26(22)33-28(30,34-27)19-9-12-23(24(13-19)39-2)35-16-25(29)32-17-35/h4-9,12-13,16-17,20-21,33H,3,10-11,14-15,30H2,1-2H3,(H,31,34). The number of nitrogens with one attached hydrogen (secondary N) is 2. The third-order valence-corrected chi connectivity index (χ3v) is 10.1. The Labute approximate surface area is 238 Å². The molecule has 3 heterocycles. The van der Waals surface area contributed by atoms with E-state index in [0.717, 1.165) is 28.1 Å². The summed E-state index contributed by atoms with van der Waals surface area (Å²) >= 11 is 6.04. The van der Waals surface area contributed by atoms with Crippen LogP contribution < -0.4 is 21.1 Å². The van der Waals surface area contributed by atoms with Gasteiger partial charge in [-0.15, -0.1) is 0 Å². The lowest BCUT2D eigenvalue weighted by atomic mass is 9.86. The van der Waals surface area contributed by atoms with Crippen LogP contribution in [0.4, 0.5) is 0 Å². The topological polar surface area (TPSA) is 127 Å². The number of halogens is 1. The average Bonchev–Trinajstić information content (AvgIpc) is 3.74. The Morgan fingerprint density at radius 3 is 2.62 bits per heavy atom. The van der Waals surface area contributed by atoms with Crippen LogP contribution in [0.1, 0.15) is 36.8 Å². The summed E-state index contributed by atoms with van der Waals surface area (Å²) in [7, 11) is -1.82. The molecule has 2 aliphatic heterocycles. The summed E-state index contributed by atoms with van der Waals surface area (Å²) in [5.74, 6) is -0.325. The van der Waals surface area contributed by atoms with Crippen LogP contribution in [0, 0.1) is 0 Å². The quantitative estimate of drug-likeness (QED) is 0.391. The van der Waals surface area contributed by atoms with E-state index in [-0.39, 0.29) is 17.7 Å². The Bertz CT molecular complexity index is 1600. The zero-order valence-electron chi connectivity index (χ0n) is 22.3. The van der Waals surface area contributed by atoms with E-state index in [0.29, 0.717) is 42.7 Å². The van der Waals surface area contributed by atoms with Gasteiger partial charge in [0.1, 0.15) is 23.1 Å². The molecule has 1 aromatic heterocycles. The van der Waals surface area contributed by atoms with E-state index in [2.05, 4.69) is 15.6 Å². The molecule has 1 aliphatic carbocycles. The lowest BCUT2D eigenvalue weighted by molar-refractivity contribution is 0.297. The monoisotopic (exact) mass is 581 g/mol. The van der Waals surface area contributed by atoms with Crippen molar-refractivity contribution in [3.05, 3.63) is 88.6 Å². The average molecular weight is 582 g/mol. The van der Waals surface area contributed by atoms with Crippen LogP contribution in [0.25, 0.3) is 5.69 Å². The molecule has 0 amide bonds. The highest BCUT2D eigenvalue weighted by Gasteiger charge is 2.47. The van der Waals surface area contributed by atoms with E-state index in [1.165, 1.54) is 0 Å². The van der Waals surface area contributed by atoms with Gasteiger partial charge in [-0.2, -0.15) is 4.31 Å². The highest BCUT2D eigenvalue weighted by Crippen LogP contribution is 2.40. The van der Waals surface area contributed by atoms with E-state index < -0.39 is 15.8 Å². The Morgan fingerprint density at radius 1 is 1.20 bits per heavy atom. The highest BCUT2D eigenvalue weighted by atomic mass is 35.5. The number of aromatic nitrogens is 2. The van der Waals surface area contributed by atoms with E-state index in [4.69, 9.17) is 27.1 Å². The van der Waals surface area contributed by atoms with Crippen LogP contribution in [0.3, 0.4) is 0 Å². The molecule has 0 radical (unpaired) electrons. The fourth-order valence-electron chi connectivity index (χ4n) is 5.43. The molecule has 1 fully saturated rings. The number of hydrogen-bond donors (Lipinski definition) is 3. The highest BCUT2D eigenvalue weighted by molar-refractivity contribution is 7.90. The van der Waals surface area contributed by atoms with Crippen molar-refractivity contribution in [1.29, 1.82) is 0 Å². The number of hydrogen-bond acceptors (Lipinski definition) is 7. The van der Waals surface area contributed by atoms with Gasteiger partial charge >= 0.3 is 0 Å². The molecular weight excluding hydrogens is 550 g/mol.